The number of rotatable bonds is 4. The Hall–Kier alpha value is -2.63. The van der Waals surface area contributed by atoms with E-state index in [1.54, 1.807) is 52.0 Å². The van der Waals surface area contributed by atoms with Crippen LogP contribution in [0.4, 0.5) is 4.79 Å². The fourth-order valence-electron chi connectivity index (χ4n) is 2.30. The lowest BCUT2D eigenvalue weighted by Gasteiger charge is -2.19. The number of fused-ring (bicyclic) bond motifs is 1. The number of hydrogen-bond donors (Lipinski definition) is 0. The van der Waals surface area contributed by atoms with E-state index in [9.17, 15) is 14.4 Å². The zero-order valence-electron chi connectivity index (χ0n) is 14.3. The van der Waals surface area contributed by atoms with Crippen LogP contribution in [-0.4, -0.2) is 34.6 Å². The second kappa shape index (κ2) is 6.86. The fourth-order valence-corrected chi connectivity index (χ4v) is 2.30. The summed E-state index contributed by atoms with van der Waals surface area (Å²) in [7, 11) is 0. The van der Waals surface area contributed by atoms with Gasteiger partial charge in [0.05, 0.1) is 12.1 Å². The van der Waals surface area contributed by atoms with Gasteiger partial charge in [0, 0.05) is 17.1 Å². The molecule has 0 bridgehead atoms. The van der Waals surface area contributed by atoms with Gasteiger partial charge in [0.15, 0.2) is 5.78 Å². The standard InChI is InChI=1S/C18H21NO5/c1-5-23-16(21)10-15(20)13-11-19(17(22)24-18(2,3)4)14-9-7-6-8-12(13)14/h6-9,11H,5,10H2,1-4H3. The quantitative estimate of drug-likeness (QED) is 0.486. The molecule has 0 amide bonds. The van der Waals surface area contributed by atoms with Crippen molar-refractivity contribution >= 4 is 28.7 Å². The van der Waals surface area contributed by atoms with Gasteiger partial charge in [-0.1, -0.05) is 18.2 Å². The van der Waals surface area contributed by atoms with Crippen molar-refractivity contribution in [1.29, 1.82) is 0 Å². The number of para-hydroxylation sites is 1. The maximum Gasteiger partial charge on any atom is 0.419 e. The SMILES string of the molecule is CCOC(=O)CC(=O)c1cn(C(=O)OC(C)(C)C)c2ccccc12. The topological polar surface area (TPSA) is 74.6 Å². The molecule has 0 aliphatic carbocycles. The van der Waals surface area contributed by atoms with Crippen LogP contribution in [0, 0.1) is 0 Å². The van der Waals surface area contributed by atoms with Gasteiger partial charge in [-0.05, 0) is 33.8 Å². The molecule has 0 radical (unpaired) electrons. The average Bonchev–Trinajstić information content (AvgIpc) is 2.85. The molecule has 0 fully saturated rings. The Morgan fingerprint density at radius 1 is 1.12 bits per heavy atom. The van der Waals surface area contributed by atoms with Crippen LogP contribution in [0.3, 0.4) is 0 Å². The number of benzene rings is 1. The van der Waals surface area contributed by atoms with Crippen molar-refractivity contribution in [2.45, 2.75) is 39.7 Å². The van der Waals surface area contributed by atoms with Crippen molar-refractivity contribution in [1.82, 2.24) is 4.57 Å². The Labute approximate surface area is 140 Å². The third-order valence-electron chi connectivity index (χ3n) is 3.21. The van der Waals surface area contributed by atoms with Gasteiger partial charge in [0.25, 0.3) is 0 Å². The summed E-state index contributed by atoms with van der Waals surface area (Å²) in [6.45, 7) is 7.19. The summed E-state index contributed by atoms with van der Waals surface area (Å²) in [6.07, 6.45) is 0.477. The molecule has 0 saturated carbocycles. The number of esters is 1. The van der Waals surface area contributed by atoms with Gasteiger partial charge in [-0.15, -0.1) is 0 Å². The van der Waals surface area contributed by atoms with E-state index in [-0.39, 0.29) is 13.0 Å². The second-order valence-electron chi connectivity index (χ2n) is 6.32. The number of nitrogens with zero attached hydrogens (tertiary/aromatic N) is 1. The monoisotopic (exact) mass is 331 g/mol. The van der Waals surface area contributed by atoms with E-state index >= 15 is 0 Å². The third-order valence-corrected chi connectivity index (χ3v) is 3.21. The number of ether oxygens (including phenoxy) is 2. The van der Waals surface area contributed by atoms with Gasteiger partial charge in [0.1, 0.15) is 12.0 Å². The molecule has 6 nitrogen and oxygen atoms in total. The Morgan fingerprint density at radius 3 is 2.42 bits per heavy atom. The molecule has 0 N–H and O–H groups in total. The number of carbonyl (C=O) groups is 3. The maximum absolute atomic E-state index is 12.4. The van der Waals surface area contributed by atoms with Crippen molar-refractivity contribution in [3.05, 3.63) is 36.0 Å². The van der Waals surface area contributed by atoms with Crippen LogP contribution in [0.5, 0.6) is 0 Å². The first-order valence-corrected chi connectivity index (χ1v) is 7.75. The molecule has 1 heterocycles. The van der Waals surface area contributed by atoms with Crippen LogP contribution in [0.15, 0.2) is 30.5 Å². The Kier molecular flexibility index (Phi) is 5.07. The molecule has 1 aromatic carbocycles. The van der Waals surface area contributed by atoms with Crippen LogP contribution in [0.1, 0.15) is 44.5 Å². The summed E-state index contributed by atoms with van der Waals surface area (Å²) in [4.78, 5) is 36.3. The summed E-state index contributed by atoms with van der Waals surface area (Å²) >= 11 is 0. The molecule has 2 rings (SSSR count). The van der Waals surface area contributed by atoms with Crippen molar-refractivity contribution in [2.24, 2.45) is 0 Å². The van der Waals surface area contributed by atoms with Crippen molar-refractivity contribution in [3.63, 3.8) is 0 Å². The number of ketones is 1. The lowest BCUT2D eigenvalue weighted by atomic mass is 10.1. The number of hydrogen-bond acceptors (Lipinski definition) is 5. The molecule has 1 aromatic heterocycles. The highest BCUT2D eigenvalue weighted by molar-refractivity contribution is 6.14. The molecule has 2 aromatic rings. The molecular weight excluding hydrogens is 310 g/mol. The molecule has 0 saturated heterocycles. The summed E-state index contributed by atoms with van der Waals surface area (Å²) in [5, 5.41) is 0.595. The lowest BCUT2D eigenvalue weighted by molar-refractivity contribution is -0.141. The van der Waals surface area contributed by atoms with Crippen molar-refractivity contribution in [2.75, 3.05) is 6.61 Å². The molecule has 24 heavy (non-hydrogen) atoms. The highest BCUT2D eigenvalue weighted by Crippen LogP contribution is 2.24. The number of Topliss-reactive ketones (excluding diaryl/α,β-unsaturated/α-hetero) is 1. The summed E-state index contributed by atoms with van der Waals surface area (Å²) < 4.78 is 11.5. The molecule has 0 spiro atoms. The lowest BCUT2D eigenvalue weighted by Crippen LogP contribution is -2.26. The van der Waals surface area contributed by atoms with Gasteiger partial charge < -0.3 is 9.47 Å². The molecule has 0 aliphatic rings. The van der Waals surface area contributed by atoms with Crippen LogP contribution in [-0.2, 0) is 14.3 Å². The summed E-state index contributed by atoms with van der Waals surface area (Å²) in [5.41, 5.74) is 0.195. The fraction of sp³-hybridized carbons (Fsp3) is 0.389. The van der Waals surface area contributed by atoms with Gasteiger partial charge in [0.2, 0.25) is 0 Å². The minimum Gasteiger partial charge on any atom is -0.466 e. The van der Waals surface area contributed by atoms with E-state index in [0.717, 1.165) is 0 Å². The van der Waals surface area contributed by atoms with Gasteiger partial charge >= 0.3 is 12.1 Å². The van der Waals surface area contributed by atoms with E-state index in [2.05, 4.69) is 0 Å². The van der Waals surface area contributed by atoms with Crippen LogP contribution in [0.25, 0.3) is 10.9 Å². The van der Waals surface area contributed by atoms with E-state index in [4.69, 9.17) is 9.47 Å². The van der Waals surface area contributed by atoms with E-state index in [1.165, 1.54) is 10.8 Å². The Bertz CT molecular complexity index is 782. The molecular formula is C18H21NO5. The van der Waals surface area contributed by atoms with Crippen LogP contribution < -0.4 is 0 Å². The Balaban J connectivity index is 2.40. The van der Waals surface area contributed by atoms with E-state index in [1.807, 2.05) is 0 Å². The minimum absolute atomic E-state index is 0.214. The summed E-state index contributed by atoms with van der Waals surface area (Å²) in [6, 6.07) is 6.99. The maximum atomic E-state index is 12.4. The minimum atomic E-state index is -0.655. The van der Waals surface area contributed by atoms with Crippen molar-refractivity contribution in [3.8, 4) is 0 Å². The number of aromatic nitrogens is 1. The largest absolute Gasteiger partial charge is 0.466 e. The van der Waals surface area contributed by atoms with Crippen LogP contribution >= 0.6 is 0 Å². The third kappa shape index (κ3) is 4.01. The molecule has 0 unspecified atom stereocenters. The molecule has 6 heteroatoms. The van der Waals surface area contributed by atoms with E-state index in [0.29, 0.717) is 16.5 Å². The molecule has 128 valence electrons. The number of carbonyl (C=O) groups excluding carboxylic acids is 3. The predicted octanol–water partition coefficient (Wildman–Crippen LogP) is 3.56. The first-order valence-electron chi connectivity index (χ1n) is 7.75. The van der Waals surface area contributed by atoms with E-state index < -0.39 is 23.4 Å². The zero-order valence-corrected chi connectivity index (χ0v) is 14.3. The second-order valence-corrected chi connectivity index (χ2v) is 6.32. The highest BCUT2D eigenvalue weighted by Gasteiger charge is 2.23. The first kappa shape index (κ1) is 17.7. The highest BCUT2D eigenvalue weighted by atomic mass is 16.6. The summed E-state index contributed by atoms with van der Waals surface area (Å²) in [5.74, 6) is -0.983. The van der Waals surface area contributed by atoms with Crippen LogP contribution in [0.2, 0.25) is 0 Å². The molecule has 0 aliphatic heterocycles. The predicted molar refractivity (Wildman–Crippen MR) is 89.2 cm³/mol. The molecule has 0 atom stereocenters. The average molecular weight is 331 g/mol. The van der Waals surface area contributed by atoms with Crippen molar-refractivity contribution < 1.29 is 23.9 Å². The van der Waals surface area contributed by atoms with Gasteiger partial charge in [-0.2, -0.15) is 0 Å². The normalized spacial score (nSPS) is 11.3. The zero-order chi connectivity index (χ0) is 17.9. The first-order chi connectivity index (χ1) is 11.2. The smallest absolute Gasteiger partial charge is 0.419 e. The van der Waals surface area contributed by atoms with Gasteiger partial charge in [-0.25, -0.2) is 4.79 Å². The Morgan fingerprint density at radius 2 is 1.79 bits per heavy atom. The van der Waals surface area contributed by atoms with Gasteiger partial charge in [-0.3, -0.25) is 14.2 Å².